The molecule has 2 amide bonds. The van der Waals surface area contributed by atoms with Crippen LogP contribution in [-0.4, -0.2) is 36.1 Å². The van der Waals surface area contributed by atoms with Gasteiger partial charge in [0.1, 0.15) is 6.04 Å². The van der Waals surface area contributed by atoms with E-state index in [4.69, 9.17) is 5.11 Å². The lowest BCUT2D eigenvalue weighted by atomic mass is 10.2. The van der Waals surface area contributed by atoms with Gasteiger partial charge in [-0.3, -0.25) is 9.59 Å². The van der Waals surface area contributed by atoms with Crippen molar-refractivity contribution in [1.82, 2.24) is 10.6 Å². The third kappa shape index (κ3) is 4.24. The smallest absolute Gasteiger partial charge is 0.251 e. The standard InChI is InChI=1S/C12H16N2O3/c1-9(11(16)13-7-8-15)14-12(17)10-5-3-2-4-6-10/h2-6,9,15H,7-8H2,1H3,(H,13,16)(H,14,17)/t9-/m1/s1. The summed E-state index contributed by atoms with van der Waals surface area (Å²) in [5.74, 6) is -0.611. The number of aliphatic hydroxyl groups excluding tert-OH is 1. The van der Waals surface area contributed by atoms with Crippen LogP contribution in [0.1, 0.15) is 17.3 Å². The molecular formula is C12H16N2O3. The molecular weight excluding hydrogens is 220 g/mol. The second-order valence-corrected chi connectivity index (χ2v) is 3.58. The molecule has 5 nitrogen and oxygen atoms in total. The number of amides is 2. The maximum atomic E-state index is 11.7. The Kier molecular flexibility index (Phi) is 5.16. The van der Waals surface area contributed by atoms with Crippen molar-refractivity contribution < 1.29 is 14.7 Å². The van der Waals surface area contributed by atoms with Gasteiger partial charge in [0.2, 0.25) is 5.91 Å². The van der Waals surface area contributed by atoms with E-state index >= 15 is 0 Å². The number of hydrogen-bond donors (Lipinski definition) is 3. The van der Waals surface area contributed by atoms with Gasteiger partial charge in [-0.2, -0.15) is 0 Å². The molecule has 0 radical (unpaired) electrons. The number of carbonyl (C=O) groups is 2. The molecule has 1 aromatic rings. The summed E-state index contributed by atoms with van der Waals surface area (Å²) in [7, 11) is 0. The van der Waals surface area contributed by atoms with Gasteiger partial charge in [0.25, 0.3) is 5.91 Å². The van der Waals surface area contributed by atoms with Crippen LogP contribution in [0.4, 0.5) is 0 Å². The van der Waals surface area contributed by atoms with Crippen LogP contribution in [-0.2, 0) is 4.79 Å². The topological polar surface area (TPSA) is 78.4 Å². The highest BCUT2D eigenvalue weighted by molar-refractivity contribution is 5.97. The van der Waals surface area contributed by atoms with Crippen molar-refractivity contribution in [2.45, 2.75) is 13.0 Å². The first kappa shape index (κ1) is 13.2. The van der Waals surface area contributed by atoms with Crippen molar-refractivity contribution in [3.8, 4) is 0 Å². The highest BCUT2D eigenvalue weighted by Crippen LogP contribution is 1.98. The van der Waals surface area contributed by atoms with Crippen LogP contribution in [0.25, 0.3) is 0 Å². The fourth-order valence-corrected chi connectivity index (χ4v) is 1.27. The summed E-state index contributed by atoms with van der Waals surface area (Å²) in [6, 6.07) is 8.04. The number of benzene rings is 1. The van der Waals surface area contributed by atoms with E-state index in [2.05, 4.69) is 10.6 Å². The maximum absolute atomic E-state index is 11.7. The minimum atomic E-state index is -0.630. The van der Waals surface area contributed by atoms with Gasteiger partial charge in [0.05, 0.1) is 6.61 Å². The zero-order valence-corrected chi connectivity index (χ0v) is 9.64. The van der Waals surface area contributed by atoms with Crippen LogP contribution in [0.15, 0.2) is 30.3 Å². The number of nitrogens with one attached hydrogen (secondary N) is 2. The number of carbonyl (C=O) groups excluding carboxylic acids is 2. The lowest BCUT2D eigenvalue weighted by Crippen LogP contribution is -2.45. The normalized spacial score (nSPS) is 11.6. The van der Waals surface area contributed by atoms with Crippen LogP contribution in [0, 0.1) is 0 Å². The third-order valence-electron chi connectivity index (χ3n) is 2.19. The third-order valence-corrected chi connectivity index (χ3v) is 2.19. The molecule has 3 N–H and O–H groups in total. The summed E-state index contributed by atoms with van der Waals surface area (Å²) in [5.41, 5.74) is 0.509. The van der Waals surface area contributed by atoms with E-state index in [0.29, 0.717) is 5.56 Å². The highest BCUT2D eigenvalue weighted by atomic mass is 16.3. The molecule has 0 heterocycles. The van der Waals surface area contributed by atoms with E-state index in [1.54, 1.807) is 31.2 Å². The molecule has 0 saturated carbocycles. The maximum Gasteiger partial charge on any atom is 0.251 e. The van der Waals surface area contributed by atoms with Crippen molar-refractivity contribution in [3.05, 3.63) is 35.9 Å². The second-order valence-electron chi connectivity index (χ2n) is 3.58. The summed E-state index contributed by atoms with van der Waals surface area (Å²) < 4.78 is 0. The first-order chi connectivity index (χ1) is 8.15. The van der Waals surface area contributed by atoms with E-state index in [-0.39, 0.29) is 25.0 Å². The van der Waals surface area contributed by atoms with E-state index in [1.165, 1.54) is 0 Å². The second kappa shape index (κ2) is 6.65. The number of rotatable bonds is 5. The van der Waals surface area contributed by atoms with E-state index in [0.717, 1.165) is 0 Å². The van der Waals surface area contributed by atoms with E-state index < -0.39 is 6.04 Å². The van der Waals surface area contributed by atoms with Crippen LogP contribution in [0.5, 0.6) is 0 Å². The zero-order chi connectivity index (χ0) is 12.7. The van der Waals surface area contributed by atoms with Crippen LogP contribution in [0.2, 0.25) is 0 Å². The summed E-state index contributed by atoms with van der Waals surface area (Å²) in [4.78, 5) is 23.1. The highest BCUT2D eigenvalue weighted by Gasteiger charge is 2.15. The molecule has 0 aliphatic rings. The lowest BCUT2D eigenvalue weighted by molar-refractivity contribution is -0.122. The van der Waals surface area contributed by atoms with Gasteiger partial charge in [0, 0.05) is 12.1 Å². The lowest BCUT2D eigenvalue weighted by Gasteiger charge is -2.13. The van der Waals surface area contributed by atoms with Crippen LogP contribution < -0.4 is 10.6 Å². The van der Waals surface area contributed by atoms with Crippen molar-refractivity contribution in [3.63, 3.8) is 0 Å². The van der Waals surface area contributed by atoms with Gasteiger partial charge in [0.15, 0.2) is 0 Å². The average Bonchev–Trinajstić information content (AvgIpc) is 2.36. The quantitative estimate of drug-likeness (QED) is 0.668. The summed E-state index contributed by atoms with van der Waals surface area (Å²) in [5, 5.41) is 13.6. The Labute approximate surface area is 99.8 Å². The van der Waals surface area contributed by atoms with Gasteiger partial charge in [-0.25, -0.2) is 0 Å². The van der Waals surface area contributed by atoms with E-state index in [9.17, 15) is 9.59 Å². The van der Waals surface area contributed by atoms with Crippen LogP contribution in [0.3, 0.4) is 0 Å². The molecule has 0 aliphatic carbocycles. The van der Waals surface area contributed by atoms with Gasteiger partial charge >= 0.3 is 0 Å². The summed E-state index contributed by atoms with van der Waals surface area (Å²) in [6.45, 7) is 1.66. The number of aliphatic hydroxyl groups is 1. The molecule has 5 heteroatoms. The Balaban J connectivity index is 2.49. The molecule has 1 aromatic carbocycles. The molecule has 0 fully saturated rings. The van der Waals surface area contributed by atoms with Crippen molar-refractivity contribution in [1.29, 1.82) is 0 Å². The van der Waals surface area contributed by atoms with Gasteiger partial charge in [-0.15, -0.1) is 0 Å². The monoisotopic (exact) mass is 236 g/mol. The first-order valence-corrected chi connectivity index (χ1v) is 5.39. The molecule has 17 heavy (non-hydrogen) atoms. The summed E-state index contributed by atoms with van der Waals surface area (Å²) >= 11 is 0. The minimum absolute atomic E-state index is 0.120. The molecule has 0 aromatic heterocycles. The van der Waals surface area contributed by atoms with Crippen molar-refractivity contribution in [2.24, 2.45) is 0 Å². The molecule has 0 saturated heterocycles. The van der Waals surface area contributed by atoms with Gasteiger partial charge < -0.3 is 15.7 Å². The fraction of sp³-hybridized carbons (Fsp3) is 0.333. The molecule has 0 bridgehead atoms. The minimum Gasteiger partial charge on any atom is -0.395 e. The van der Waals surface area contributed by atoms with E-state index in [1.807, 2.05) is 6.07 Å². The Bertz CT molecular complexity index is 379. The largest absolute Gasteiger partial charge is 0.395 e. The van der Waals surface area contributed by atoms with Crippen molar-refractivity contribution >= 4 is 11.8 Å². The molecule has 1 rings (SSSR count). The fourth-order valence-electron chi connectivity index (χ4n) is 1.27. The Morgan fingerprint density at radius 2 is 1.94 bits per heavy atom. The van der Waals surface area contributed by atoms with Crippen LogP contribution >= 0.6 is 0 Å². The molecule has 1 atom stereocenters. The van der Waals surface area contributed by atoms with Gasteiger partial charge in [-0.1, -0.05) is 18.2 Å². The van der Waals surface area contributed by atoms with Crippen molar-refractivity contribution in [2.75, 3.05) is 13.2 Å². The Hall–Kier alpha value is -1.88. The molecule has 0 unspecified atom stereocenters. The zero-order valence-electron chi connectivity index (χ0n) is 9.64. The summed E-state index contributed by atoms with van der Waals surface area (Å²) in [6.07, 6.45) is 0. The predicted molar refractivity (Wildman–Crippen MR) is 63.5 cm³/mol. The average molecular weight is 236 g/mol. The Morgan fingerprint density at radius 1 is 1.29 bits per heavy atom. The Morgan fingerprint density at radius 3 is 2.53 bits per heavy atom. The molecule has 92 valence electrons. The first-order valence-electron chi connectivity index (χ1n) is 5.39. The molecule has 0 spiro atoms. The SMILES string of the molecule is C[C@@H](NC(=O)c1ccccc1)C(=O)NCCO. The number of hydrogen-bond acceptors (Lipinski definition) is 3. The van der Waals surface area contributed by atoms with Gasteiger partial charge in [-0.05, 0) is 19.1 Å². The predicted octanol–water partition coefficient (Wildman–Crippen LogP) is -0.0866. The molecule has 0 aliphatic heterocycles.